The van der Waals surface area contributed by atoms with Crippen LogP contribution in [0.15, 0.2) is 24.4 Å². The summed E-state index contributed by atoms with van der Waals surface area (Å²) in [5.74, 6) is 4.37. The Bertz CT molecular complexity index is 578. The summed E-state index contributed by atoms with van der Waals surface area (Å²) in [5.41, 5.74) is 2.83. The van der Waals surface area contributed by atoms with Crippen molar-refractivity contribution < 1.29 is 9.59 Å². The topological polar surface area (TPSA) is 113 Å². The highest BCUT2D eigenvalue weighted by Crippen LogP contribution is 2.17. The molecule has 0 bridgehead atoms. The number of nitrogens with two attached hydrogens (primary N) is 1. The average molecular weight is 279 g/mol. The van der Waals surface area contributed by atoms with Crippen molar-refractivity contribution >= 4 is 23.2 Å². The van der Waals surface area contributed by atoms with Gasteiger partial charge in [0.15, 0.2) is 0 Å². The van der Waals surface area contributed by atoms with Gasteiger partial charge in [0, 0.05) is 6.20 Å². The number of nitrogens with one attached hydrogen (secondary N) is 3. The average Bonchev–Trinajstić information content (AvgIpc) is 3.08. The van der Waals surface area contributed by atoms with Crippen molar-refractivity contribution in [1.82, 2.24) is 20.9 Å². The molecule has 5 N–H and O–H groups in total. The third kappa shape index (κ3) is 2.98. The Morgan fingerprint density at radius 3 is 2.58 bits per heavy atom. The first-order chi connectivity index (χ1) is 9.11. The second-order valence-electron chi connectivity index (χ2n) is 3.84. The molecule has 100 valence electrons. The third-order valence-corrected chi connectivity index (χ3v) is 3.60. The van der Waals surface area contributed by atoms with Gasteiger partial charge in [-0.2, -0.15) is 5.10 Å². The summed E-state index contributed by atoms with van der Waals surface area (Å²) in [6.45, 7) is 1.84. The number of hydrazine groups is 1. The van der Waals surface area contributed by atoms with Gasteiger partial charge in [0.2, 0.25) is 0 Å². The molecule has 0 spiro atoms. The van der Waals surface area contributed by atoms with Crippen LogP contribution in [0.2, 0.25) is 0 Å². The van der Waals surface area contributed by atoms with Gasteiger partial charge in [0.25, 0.3) is 11.8 Å². The first kappa shape index (κ1) is 13.2. The van der Waals surface area contributed by atoms with Gasteiger partial charge >= 0.3 is 0 Å². The van der Waals surface area contributed by atoms with Crippen LogP contribution >= 0.6 is 11.3 Å². The van der Waals surface area contributed by atoms with E-state index in [1.165, 1.54) is 0 Å². The molecule has 19 heavy (non-hydrogen) atoms. The second-order valence-corrected chi connectivity index (χ2v) is 4.93. The number of thiophene rings is 1. The summed E-state index contributed by atoms with van der Waals surface area (Å²) in [4.78, 5) is 24.1. The van der Waals surface area contributed by atoms with E-state index >= 15 is 0 Å². The van der Waals surface area contributed by atoms with Gasteiger partial charge < -0.3 is 5.32 Å². The SMILES string of the molecule is CC(NC(=O)c1ccc(C(=O)NN)s1)c1ccn[nH]1. The molecule has 1 atom stereocenters. The predicted molar refractivity (Wildman–Crippen MR) is 70.4 cm³/mol. The third-order valence-electron chi connectivity index (χ3n) is 2.52. The van der Waals surface area contributed by atoms with E-state index in [0.717, 1.165) is 17.0 Å². The molecule has 0 aliphatic carbocycles. The van der Waals surface area contributed by atoms with Gasteiger partial charge in [-0.3, -0.25) is 20.1 Å². The van der Waals surface area contributed by atoms with Crippen LogP contribution in [0.4, 0.5) is 0 Å². The minimum Gasteiger partial charge on any atom is -0.343 e. The Kier molecular flexibility index (Phi) is 3.93. The molecule has 0 saturated carbocycles. The molecule has 2 heterocycles. The van der Waals surface area contributed by atoms with Gasteiger partial charge in [-0.25, -0.2) is 5.84 Å². The predicted octanol–water partition coefficient (Wildman–Crippen LogP) is 0.566. The number of H-pyrrole nitrogens is 1. The van der Waals surface area contributed by atoms with E-state index < -0.39 is 5.91 Å². The lowest BCUT2D eigenvalue weighted by Crippen LogP contribution is -2.29. The number of rotatable bonds is 4. The number of hydrogen-bond donors (Lipinski definition) is 4. The van der Waals surface area contributed by atoms with Crippen LogP contribution in [-0.2, 0) is 0 Å². The molecule has 1 unspecified atom stereocenters. The molecule has 7 nitrogen and oxygen atoms in total. The second kappa shape index (κ2) is 5.63. The van der Waals surface area contributed by atoms with Crippen LogP contribution in [0.1, 0.15) is 38.0 Å². The summed E-state index contributed by atoms with van der Waals surface area (Å²) in [6, 6.07) is 4.74. The van der Waals surface area contributed by atoms with Gasteiger partial charge in [-0.05, 0) is 25.1 Å². The molecule has 2 amide bonds. The minimum atomic E-state index is -0.411. The quantitative estimate of drug-likeness (QED) is 0.372. The van der Waals surface area contributed by atoms with Crippen molar-refractivity contribution in [3.8, 4) is 0 Å². The van der Waals surface area contributed by atoms with E-state index in [4.69, 9.17) is 5.84 Å². The largest absolute Gasteiger partial charge is 0.343 e. The van der Waals surface area contributed by atoms with Crippen LogP contribution < -0.4 is 16.6 Å². The number of amides is 2. The fraction of sp³-hybridized carbons (Fsp3) is 0.182. The van der Waals surface area contributed by atoms with Gasteiger partial charge in [0.05, 0.1) is 21.5 Å². The molecule has 0 aromatic carbocycles. The number of aromatic amines is 1. The normalized spacial score (nSPS) is 11.9. The molecule has 2 rings (SSSR count). The number of nitrogens with zero attached hydrogens (tertiary/aromatic N) is 1. The van der Waals surface area contributed by atoms with E-state index in [1.807, 2.05) is 12.3 Å². The van der Waals surface area contributed by atoms with Gasteiger partial charge in [-0.1, -0.05) is 0 Å². The Labute approximate surface area is 113 Å². The number of carbonyl (C=O) groups excluding carboxylic acids is 2. The van der Waals surface area contributed by atoms with Crippen LogP contribution in [0.3, 0.4) is 0 Å². The number of aromatic nitrogens is 2. The van der Waals surface area contributed by atoms with Crippen LogP contribution in [-0.4, -0.2) is 22.0 Å². The van der Waals surface area contributed by atoms with Crippen LogP contribution in [0.25, 0.3) is 0 Å². The molecule has 8 heteroatoms. The van der Waals surface area contributed by atoms with Crippen LogP contribution in [0, 0.1) is 0 Å². The summed E-state index contributed by atoms with van der Waals surface area (Å²) < 4.78 is 0. The summed E-state index contributed by atoms with van der Waals surface area (Å²) >= 11 is 1.08. The Morgan fingerprint density at radius 1 is 1.32 bits per heavy atom. The lowest BCUT2D eigenvalue weighted by Gasteiger charge is -2.10. The van der Waals surface area contributed by atoms with E-state index in [0.29, 0.717) is 9.75 Å². The Hall–Kier alpha value is -2.19. The highest BCUT2D eigenvalue weighted by Gasteiger charge is 2.16. The van der Waals surface area contributed by atoms with Gasteiger partial charge in [-0.15, -0.1) is 11.3 Å². The fourth-order valence-electron chi connectivity index (χ4n) is 1.51. The first-order valence-electron chi connectivity index (χ1n) is 5.52. The molecule has 0 fully saturated rings. The highest BCUT2D eigenvalue weighted by atomic mass is 32.1. The van der Waals surface area contributed by atoms with E-state index in [-0.39, 0.29) is 11.9 Å². The Balaban J connectivity index is 2.04. The number of nitrogen functional groups attached to an aromatic ring is 1. The summed E-state index contributed by atoms with van der Waals surface area (Å²) in [7, 11) is 0. The van der Waals surface area contributed by atoms with E-state index in [2.05, 4.69) is 15.5 Å². The smallest absolute Gasteiger partial charge is 0.275 e. The lowest BCUT2D eigenvalue weighted by atomic mass is 10.2. The monoisotopic (exact) mass is 279 g/mol. The lowest BCUT2D eigenvalue weighted by molar-refractivity contribution is 0.0940. The molecular weight excluding hydrogens is 266 g/mol. The molecule has 2 aromatic rings. The van der Waals surface area contributed by atoms with Crippen molar-refractivity contribution in [2.45, 2.75) is 13.0 Å². The van der Waals surface area contributed by atoms with Crippen molar-refractivity contribution in [3.63, 3.8) is 0 Å². The van der Waals surface area contributed by atoms with Crippen molar-refractivity contribution in [2.75, 3.05) is 0 Å². The minimum absolute atomic E-state index is 0.191. The molecular formula is C11H13N5O2S. The maximum absolute atomic E-state index is 12.0. The number of carbonyl (C=O) groups is 2. The highest BCUT2D eigenvalue weighted by molar-refractivity contribution is 7.15. The van der Waals surface area contributed by atoms with E-state index in [9.17, 15) is 9.59 Å². The zero-order chi connectivity index (χ0) is 13.8. The first-order valence-corrected chi connectivity index (χ1v) is 6.34. The zero-order valence-electron chi connectivity index (χ0n) is 10.1. The standard InChI is InChI=1S/C11H13N5O2S/c1-6(7-4-5-13-16-7)14-10(17)8-2-3-9(19-8)11(18)15-12/h2-6H,12H2,1H3,(H,13,16)(H,14,17)(H,15,18). The molecule has 0 aliphatic rings. The Morgan fingerprint density at radius 2 is 2.00 bits per heavy atom. The van der Waals surface area contributed by atoms with Gasteiger partial charge in [0.1, 0.15) is 0 Å². The number of hydrogen-bond acceptors (Lipinski definition) is 5. The van der Waals surface area contributed by atoms with Crippen LogP contribution in [0.5, 0.6) is 0 Å². The van der Waals surface area contributed by atoms with E-state index in [1.54, 1.807) is 24.4 Å². The van der Waals surface area contributed by atoms with Crippen molar-refractivity contribution in [3.05, 3.63) is 39.8 Å². The fourth-order valence-corrected chi connectivity index (χ4v) is 2.32. The zero-order valence-corrected chi connectivity index (χ0v) is 11.0. The molecule has 0 radical (unpaired) electrons. The molecule has 2 aromatic heterocycles. The maximum atomic E-state index is 12.0. The molecule has 0 aliphatic heterocycles. The maximum Gasteiger partial charge on any atom is 0.275 e. The summed E-state index contributed by atoms with van der Waals surface area (Å²) in [6.07, 6.45) is 1.62. The van der Waals surface area contributed by atoms with Crippen molar-refractivity contribution in [1.29, 1.82) is 0 Å². The summed E-state index contributed by atoms with van der Waals surface area (Å²) in [5, 5.41) is 9.41. The molecule has 0 saturated heterocycles. The van der Waals surface area contributed by atoms with Crippen molar-refractivity contribution in [2.24, 2.45) is 5.84 Å².